The number of carboxylic acids is 1. The number of ether oxygens (including phenoxy) is 1. The number of aliphatic hydroxyl groups is 1. The summed E-state index contributed by atoms with van der Waals surface area (Å²) in [5, 5.41) is 21.8. The van der Waals surface area contributed by atoms with Crippen LogP contribution in [0.15, 0.2) is 97.2 Å². The monoisotopic (exact) mass is 846 g/mol. The largest absolute Gasteiger partial charge is 0.480 e. The number of allylic oxidation sites excluding steroid dienone is 16. The molecule has 0 bridgehead atoms. The first-order chi connectivity index (χ1) is 28.6. The van der Waals surface area contributed by atoms with Gasteiger partial charge in [0.05, 0.1) is 13.2 Å². The van der Waals surface area contributed by atoms with Crippen LogP contribution in [0.1, 0.15) is 149 Å². The van der Waals surface area contributed by atoms with Crippen molar-refractivity contribution in [3.8, 4) is 0 Å². The Morgan fingerprint density at radius 2 is 1.00 bits per heavy atom. The molecular weight excluding hydrogens is 769 g/mol. The number of esters is 1. The summed E-state index contributed by atoms with van der Waals surface area (Å²) in [6.07, 6.45) is 51.6. The van der Waals surface area contributed by atoms with Gasteiger partial charge in [-0.1, -0.05) is 143 Å². The fraction of sp³-hybridized carbons (Fsp3) is 0.596. The van der Waals surface area contributed by atoms with Crippen molar-refractivity contribution in [2.45, 2.75) is 161 Å². The Balaban J connectivity index is 4.01. The van der Waals surface area contributed by atoms with E-state index in [2.05, 4.69) is 104 Å². The van der Waals surface area contributed by atoms with E-state index >= 15 is 0 Å². The molecule has 3 unspecified atom stereocenters. The second kappa shape index (κ2) is 41.1. The highest BCUT2D eigenvalue weighted by Crippen LogP contribution is 2.43. The standard InChI is InChI=1S/C47H76NO10P/c1-3-5-7-9-11-13-15-17-18-19-20-21-22-23-24-25-26-27-29-31-33-35-37-39-46(51)56-40-43(49)41-57-59(54,55)58-42-44(47(52)53)48-45(50)38-36-34-32-30-28-16-14-12-10-8-6-4-2/h5,7,11-14,17-18,20-21,23-24,26-27,31,33,43-44,49H,3-4,6,8-10,15-16,19,22,25,28-30,32,34-42H2,1-2H3,(H,48,50)(H,52,53)(H,54,55)/b7-5-,13-11-,14-12-,18-17-,21-20-,24-23-,27-26-,33-31-. The predicted octanol–water partition coefficient (Wildman–Crippen LogP) is 11.3. The first-order valence-electron chi connectivity index (χ1n) is 21.8. The van der Waals surface area contributed by atoms with Gasteiger partial charge < -0.3 is 25.2 Å². The van der Waals surface area contributed by atoms with Crippen molar-refractivity contribution >= 4 is 25.7 Å². The van der Waals surface area contributed by atoms with Crippen molar-refractivity contribution < 1.29 is 47.8 Å². The van der Waals surface area contributed by atoms with E-state index in [1.54, 1.807) is 0 Å². The van der Waals surface area contributed by atoms with Crippen LogP contribution in [0.4, 0.5) is 0 Å². The summed E-state index contributed by atoms with van der Waals surface area (Å²) in [5.74, 6) is -2.47. The molecule has 0 aliphatic rings. The minimum Gasteiger partial charge on any atom is -0.480 e. The smallest absolute Gasteiger partial charge is 0.472 e. The molecule has 12 heteroatoms. The normalized spacial score (nSPS) is 14.6. The van der Waals surface area contributed by atoms with Gasteiger partial charge in [-0.15, -0.1) is 0 Å². The maximum absolute atomic E-state index is 12.3. The highest BCUT2D eigenvalue weighted by Gasteiger charge is 2.28. The maximum atomic E-state index is 12.3. The van der Waals surface area contributed by atoms with Gasteiger partial charge in [0.25, 0.3) is 0 Å². The van der Waals surface area contributed by atoms with Crippen LogP contribution in [-0.4, -0.2) is 64.9 Å². The summed E-state index contributed by atoms with van der Waals surface area (Å²) < 4.78 is 26.7. The molecule has 334 valence electrons. The Hall–Kier alpha value is -3.60. The van der Waals surface area contributed by atoms with E-state index in [4.69, 9.17) is 13.8 Å². The lowest BCUT2D eigenvalue weighted by atomic mass is 10.1. The van der Waals surface area contributed by atoms with E-state index in [0.717, 1.165) is 83.5 Å². The molecule has 0 saturated heterocycles. The number of aliphatic hydroxyl groups excluding tert-OH is 1. The third-order valence-corrected chi connectivity index (χ3v) is 9.56. The lowest BCUT2D eigenvalue weighted by Crippen LogP contribution is -2.43. The predicted molar refractivity (Wildman–Crippen MR) is 240 cm³/mol. The minimum absolute atomic E-state index is 0.126. The highest BCUT2D eigenvalue weighted by atomic mass is 31.2. The van der Waals surface area contributed by atoms with Crippen LogP contribution in [0.2, 0.25) is 0 Å². The maximum Gasteiger partial charge on any atom is 0.472 e. The number of carbonyl (C=O) groups is 3. The number of carboxylic acid groups (broad SMARTS) is 1. The van der Waals surface area contributed by atoms with Crippen molar-refractivity contribution in [1.82, 2.24) is 5.32 Å². The first kappa shape index (κ1) is 55.4. The van der Waals surface area contributed by atoms with Crippen LogP contribution in [0.5, 0.6) is 0 Å². The number of phosphoric acid groups is 1. The molecule has 0 spiro atoms. The number of rotatable bonds is 39. The van der Waals surface area contributed by atoms with E-state index in [9.17, 15) is 34.1 Å². The molecule has 1 amide bonds. The van der Waals surface area contributed by atoms with Gasteiger partial charge in [-0.25, -0.2) is 9.36 Å². The van der Waals surface area contributed by atoms with E-state index in [0.29, 0.717) is 19.3 Å². The first-order valence-corrected chi connectivity index (χ1v) is 23.3. The molecule has 3 atom stereocenters. The number of nitrogens with one attached hydrogen (secondary N) is 1. The molecule has 0 radical (unpaired) electrons. The minimum atomic E-state index is -4.78. The number of unbranched alkanes of at least 4 members (excludes halogenated alkanes) is 9. The Bertz CT molecular complexity index is 1360. The molecule has 0 aromatic carbocycles. The molecule has 4 N–H and O–H groups in total. The Labute approximate surface area is 355 Å². The SMILES string of the molecule is CC/C=C\C/C=C\C/C=C\C/C=C\C/C=C\C/C=C\C/C=C\CCCC(=O)OCC(O)COP(=O)(O)OCC(NC(=O)CCCCCCC/C=C\CCCCC)C(=O)O. The molecule has 0 fully saturated rings. The van der Waals surface area contributed by atoms with Crippen LogP contribution in [0.3, 0.4) is 0 Å². The second-order valence-electron chi connectivity index (χ2n) is 14.1. The Morgan fingerprint density at radius 3 is 1.53 bits per heavy atom. The van der Waals surface area contributed by atoms with Gasteiger partial charge in [0.2, 0.25) is 5.91 Å². The van der Waals surface area contributed by atoms with Crippen molar-refractivity contribution in [2.75, 3.05) is 19.8 Å². The number of hydrogen-bond acceptors (Lipinski definition) is 8. The van der Waals surface area contributed by atoms with Gasteiger partial charge in [0.15, 0.2) is 6.04 Å². The van der Waals surface area contributed by atoms with Gasteiger partial charge in [0, 0.05) is 12.8 Å². The number of aliphatic carboxylic acids is 1. The second-order valence-corrected chi connectivity index (χ2v) is 15.6. The Morgan fingerprint density at radius 1 is 0.559 bits per heavy atom. The molecule has 0 aliphatic carbocycles. The van der Waals surface area contributed by atoms with Gasteiger partial charge in [-0.05, 0) is 89.9 Å². The van der Waals surface area contributed by atoms with Crippen molar-refractivity contribution in [3.63, 3.8) is 0 Å². The van der Waals surface area contributed by atoms with Crippen LogP contribution < -0.4 is 5.32 Å². The van der Waals surface area contributed by atoms with Gasteiger partial charge in [-0.2, -0.15) is 0 Å². The van der Waals surface area contributed by atoms with Crippen LogP contribution in [-0.2, 0) is 32.7 Å². The van der Waals surface area contributed by atoms with Crippen molar-refractivity contribution in [2.24, 2.45) is 0 Å². The summed E-state index contributed by atoms with van der Waals surface area (Å²) in [7, 11) is -4.78. The third-order valence-electron chi connectivity index (χ3n) is 8.61. The average molecular weight is 846 g/mol. The number of carbonyl (C=O) groups excluding carboxylic acids is 2. The molecule has 0 saturated carbocycles. The summed E-state index contributed by atoms with van der Waals surface area (Å²) >= 11 is 0. The topological polar surface area (TPSA) is 169 Å². The van der Waals surface area contributed by atoms with Crippen molar-refractivity contribution in [3.05, 3.63) is 97.2 Å². The summed E-state index contributed by atoms with van der Waals surface area (Å²) in [6, 6.07) is -1.56. The fourth-order valence-electron chi connectivity index (χ4n) is 5.24. The number of amides is 1. The van der Waals surface area contributed by atoms with E-state index in [1.165, 1.54) is 19.3 Å². The molecule has 0 aromatic rings. The molecule has 59 heavy (non-hydrogen) atoms. The van der Waals surface area contributed by atoms with E-state index < -0.39 is 57.6 Å². The van der Waals surface area contributed by atoms with Crippen LogP contribution in [0, 0.1) is 0 Å². The quantitative estimate of drug-likeness (QED) is 0.0202. The zero-order valence-corrected chi connectivity index (χ0v) is 36.9. The lowest BCUT2D eigenvalue weighted by molar-refractivity contribution is -0.147. The molecule has 11 nitrogen and oxygen atoms in total. The third kappa shape index (κ3) is 40.9. The lowest BCUT2D eigenvalue weighted by Gasteiger charge is -2.18. The molecule has 0 heterocycles. The highest BCUT2D eigenvalue weighted by molar-refractivity contribution is 7.47. The average Bonchev–Trinajstić information content (AvgIpc) is 3.21. The van der Waals surface area contributed by atoms with Gasteiger partial charge in [-0.3, -0.25) is 18.6 Å². The van der Waals surface area contributed by atoms with Gasteiger partial charge >= 0.3 is 19.8 Å². The van der Waals surface area contributed by atoms with Crippen molar-refractivity contribution in [1.29, 1.82) is 0 Å². The summed E-state index contributed by atoms with van der Waals surface area (Å²) in [6.45, 7) is 2.36. The number of hydrogen-bond donors (Lipinski definition) is 4. The Kier molecular flexibility index (Phi) is 38.6. The fourth-order valence-corrected chi connectivity index (χ4v) is 6.01. The molecule has 0 aliphatic heterocycles. The van der Waals surface area contributed by atoms with E-state index in [-0.39, 0.29) is 12.8 Å². The molecule has 0 aromatic heterocycles. The number of phosphoric ester groups is 1. The van der Waals surface area contributed by atoms with E-state index in [1.807, 2.05) is 12.2 Å². The molecule has 0 rings (SSSR count). The van der Waals surface area contributed by atoms with Gasteiger partial charge in [0.1, 0.15) is 12.7 Å². The summed E-state index contributed by atoms with van der Waals surface area (Å²) in [4.78, 5) is 45.8. The zero-order valence-electron chi connectivity index (χ0n) is 36.0. The molecular formula is C47H76NO10P. The van der Waals surface area contributed by atoms with Crippen LogP contribution in [0.25, 0.3) is 0 Å². The zero-order chi connectivity index (χ0) is 43.5. The van der Waals surface area contributed by atoms with Crippen LogP contribution >= 0.6 is 7.82 Å². The summed E-state index contributed by atoms with van der Waals surface area (Å²) in [5.41, 5.74) is 0.